The van der Waals surface area contributed by atoms with Gasteiger partial charge in [0.2, 0.25) is 0 Å². The second kappa shape index (κ2) is 6.64. The fourth-order valence-corrected chi connectivity index (χ4v) is 3.37. The van der Waals surface area contributed by atoms with E-state index in [0.717, 1.165) is 22.8 Å². The number of thioether (sulfide) groups is 1. The molecule has 2 aromatic rings. The lowest BCUT2D eigenvalue weighted by Gasteiger charge is -2.23. The van der Waals surface area contributed by atoms with Crippen molar-refractivity contribution in [1.29, 1.82) is 0 Å². The van der Waals surface area contributed by atoms with Crippen LogP contribution in [0.5, 0.6) is 0 Å². The Morgan fingerprint density at radius 1 is 1.42 bits per heavy atom. The van der Waals surface area contributed by atoms with Crippen LogP contribution >= 0.6 is 11.8 Å². The molecule has 0 bridgehead atoms. The molecule has 0 saturated carbocycles. The number of esters is 2. The van der Waals surface area contributed by atoms with Crippen LogP contribution in [-0.4, -0.2) is 45.7 Å². The number of hydrogen-bond donors (Lipinski definition) is 1. The number of carbonyl (C=O) groups is 3. The molecule has 0 aliphatic carbocycles. The molecular weight excluding hydrogens is 332 g/mol. The van der Waals surface area contributed by atoms with E-state index < -0.39 is 23.3 Å². The molecule has 7 nitrogen and oxygen atoms in total. The molecule has 1 aromatic carbocycles. The number of cyclic esters (lactones) is 1. The number of ether oxygens (including phenoxy) is 2. The third-order valence-electron chi connectivity index (χ3n) is 3.73. The van der Waals surface area contributed by atoms with E-state index in [1.165, 1.54) is 0 Å². The van der Waals surface area contributed by atoms with Gasteiger partial charge in [0.15, 0.2) is 10.9 Å². The fourth-order valence-electron chi connectivity index (χ4n) is 2.52. The van der Waals surface area contributed by atoms with Gasteiger partial charge in [0, 0.05) is 6.42 Å². The van der Waals surface area contributed by atoms with E-state index in [1.54, 1.807) is 6.92 Å². The summed E-state index contributed by atoms with van der Waals surface area (Å²) in [5, 5.41) is 0.563. The Morgan fingerprint density at radius 2 is 2.21 bits per heavy atom. The highest BCUT2D eigenvalue weighted by molar-refractivity contribution is 7.99. The highest BCUT2D eigenvalue weighted by atomic mass is 32.2. The number of para-hydroxylation sites is 2. The van der Waals surface area contributed by atoms with Crippen molar-refractivity contribution in [3.8, 4) is 0 Å². The summed E-state index contributed by atoms with van der Waals surface area (Å²) in [5.41, 5.74) is -0.161. The quantitative estimate of drug-likeness (QED) is 0.483. The molecule has 1 aromatic heterocycles. The Bertz CT molecular complexity index is 770. The van der Waals surface area contributed by atoms with Gasteiger partial charge < -0.3 is 14.5 Å². The van der Waals surface area contributed by atoms with E-state index in [4.69, 9.17) is 9.47 Å². The van der Waals surface area contributed by atoms with Crippen LogP contribution in [0.3, 0.4) is 0 Å². The van der Waals surface area contributed by atoms with E-state index in [2.05, 4.69) is 9.97 Å². The summed E-state index contributed by atoms with van der Waals surface area (Å²) in [6.07, 6.45) is 0.0457. The van der Waals surface area contributed by atoms with Gasteiger partial charge in [-0.05, 0) is 19.1 Å². The summed E-state index contributed by atoms with van der Waals surface area (Å²) >= 11 is 1.16. The van der Waals surface area contributed by atoms with Crippen LogP contribution < -0.4 is 0 Å². The molecule has 1 aliphatic heterocycles. The number of aromatic amines is 1. The van der Waals surface area contributed by atoms with E-state index >= 15 is 0 Å². The van der Waals surface area contributed by atoms with Crippen molar-refractivity contribution in [2.75, 3.05) is 12.4 Å². The average molecular weight is 348 g/mol. The molecule has 1 fully saturated rings. The Morgan fingerprint density at radius 3 is 2.88 bits per heavy atom. The standard InChI is InChI=1S/C16H16N2O5S/c1-2-22-14(21)16(8-7-13(20)23-16)12(19)9-24-15-17-10-5-3-4-6-11(10)18-15/h3-6H,2,7-9H2,1H3,(H,17,18)/t16-/m1/s1. The molecule has 0 unspecified atom stereocenters. The van der Waals surface area contributed by atoms with Crippen molar-refractivity contribution >= 4 is 40.5 Å². The third-order valence-corrected chi connectivity index (χ3v) is 4.61. The van der Waals surface area contributed by atoms with E-state index in [0.29, 0.717) is 5.16 Å². The number of aromatic nitrogens is 2. The van der Waals surface area contributed by atoms with Crippen molar-refractivity contribution in [2.45, 2.75) is 30.5 Å². The summed E-state index contributed by atoms with van der Waals surface area (Å²) < 4.78 is 9.99. The van der Waals surface area contributed by atoms with Crippen LogP contribution in [0.4, 0.5) is 0 Å². The minimum atomic E-state index is -1.81. The molecule has 3 rings (SSSR count). The lowest BCUT2D eigenvalue weighted by molar-refractivity contribution is -0.177. The van der Waals surface area contributed by atoms with Gasteiger partial charge >= 0.3 is 11.9 Å². The first-order valence-electron chi connectivity index (χ1n) is 7.55. The summed E-state index contributed by atoms with van der Waals surface area (Å²) in [7, 11) is 0. The Balaban J connectivity index is 1.73. The van der Waals surface area contributed by atoms with Gasteiger partial charge in [0.25, 0.3) is 5.60 Å². The normalized spacial score (nSPS) is 20.1. The number of imidazole rings is 1. The summed E-state index contributed by atoms with van der Waals surface area (Å²) in [5.74, 6) is -1.90. The topological polar surface area (TPSA) is 98.4 Å². The number of ketones is 1. The maximum absolute atomic E-state index is 12.6. The smallest absolute Gasteiger partial charge is 0.358 e. The van der Waals surface area contributed by atoms with Crippen molar-refractivity contribution in [1.82, 2.24) is 9.97 Å². The number of H-pyrrole nitrogens is 1. The van der Waals surface area contributed by atoms with E-state index in [9.17, 15) is 14.4 Å². The maximum atomic E-state index is 12.6. The minimum absolute atomic E-state index is 0.0180. The number of hydrogen-bond acceptors (Lipinski definition) is 7. The Hall–Kier alpha value is -2.35. The molecule has 1 atom stereocenters. The monoisotopic (exact) mass is 348 g/mol. The van der Waals surface area contributed by atoms with Crippen LogP contribution in [0.2, 0.25) is 0 Å². The van der Waals surface area contributed by atoms with Gasteiger partial charge in [-0.15, -0.1) is 0 Å². The number of benzene rings is 1. The number of nitrogens with one attached hydrogen (secondary N) is 1. The largest absolute Gasteiger partial charge is 0.463 e. The predicted octanol–water partition coefficient (Wildman–Crippen LogP) is 1.86. The van der Waals surface area contributed by atoms with Crippen molar-refractivity contribution < 1.29 is 23.9 Å². The van der Waals surface area contributed by atoms with Gasteiger partial charge in [-0.1, -0.05) is 23.9 Å². The van der Waals surface area contributed by atoms with Crippen LogP contribution in [0, 0.1) is 0 Å². The van der Waals surface area contributed by atoms with E-state index in [-0.39, 0.29) is 25.2 Å². The maximum Gasteiger partial charge on any atom is 0.358 e. The lowest BCUT2D eigenvalue weighted by atomic mass is 9.96. The van der Waals surface area contributed by atoms with Crippen LogP contribution in [0.1, 0.15) is 19.8 Å². The molecule has 24 heavy (non-hydrogen) atoms. The summed E-state index contributed by atoms with van der Waals surface area (Å²) in [4.78, 5) is 43.6. The number of fused-ring (bicyclic) bond motifs is 1. The Labute approximate surface area is 142 Å². The number of nitrogens with zero attached hydrogens (tertiary/aromatic N) is 1. The van der Waals surface area contributed by atoms with Crippen LogP contribution in [0.15, 0.2) is 29.4 Å². The molecule has 1 aliphatic rings. The first-order valence-corrected chi connectivity index (χ1v) is 8.53. The van der Waals surface area contributed by atoms with Crippen molar-refractivity contribution in [3.63, 3.8) is 0 Å². The first-order chi connectivity index (χ1) is 11.5. The molecule has 1 saturated heterocycles. The molecule has 0 amide bonds. The van der Waals surface area contributed by atoms with E-state index in [1.807, 2.05) is 24.3 Å². The van der Waals surface area contributed by atoms with Gasteiger partial charge in [0.1, 0.15) is 0 Å². The second-order valence-electron chi connectivity index (χ2n) is 5.29. The molecule has 126 valence electrons. The van der Waals surface area contributed by atoms with Gasteiger partial charge in [-0.3, -0.25) is 9.59 Å². The molecule has 8 heteroatoms. The molecule has 0 radical (unpaired) electrons. The lowest BCUT2D eigenvalue weighted by Crippen LogP contribution is -2.48. The molecule has 0 spiro atoms. The zero-order chi connectivity index (χ0) is 17.2. The Kier molecular flexibility index (Phi) is 4.57. The number of Topliss-reactive ketones (excluding diaryl/α,β-unsaturated/α-hetero) is 1. The SMILES string of the molecule is CCOC(=O)[C@]1(C(=O)CSc2nc3ccccc3[nH]2)CCC(=O)O1. The number of rotatable bonds is 6. The van der Waals surface area contributed by atoms with Crippen molar-refractivity contribution in [2.24, 2.45) is 0 Å². The second-order valence-corrected chi connectivity index (χ2v) is 6.26. The third kappa shape index (κ3) is 3.01. The molecular formula is C16H16N2O5S. The van der Waals surface area contributed by atoms with Gasteiger partial charge in [0.05, 0.1) is 29.8 Å². The van der Waals surface area contributed by atoms with Gasteiger partial charge in [-0.25, -0.2) is 9.78 Å². The van der Waals surface area contributed by atoms with Gasteiger partial charge in [-0.2, -0.15) is 0 Å². The molecule has 1 N–H and O–H groups in total. The average Bonchev–Trinajstić information content (AvgIpc) is 3.16. The first kappa shape index (κ1) is 16.5. The van der Waals surface area contributed by atoms with Crippen molar-refractivity contribution in [3.05, 3.63) is 24.3 Å². The minimum Gasteiger partial charge on any atom is -0.463 e. The molecule has 2 heterocycles. The highest BCUT2D eigenvalue weighted by Crippen LogP contribution is 2.31. The zero-order valence-corrected chi connectivity index (χ0v) is 13.9. The summed E-state index contributed by atoms with van der Waals surface area (Å²) in [6, 6.07) is 7.49. The fraction of sp³-hybridized carbons (Fsp3) is 0.375. The van der Waals surface area contributed by atoms with Crippen LogP contribution in [-0.2, 0) is 23.9 Å². The predicted molar refractivity (Wildman–Crippen MR) is 86.5 cm³/mol. The van der Waals surface area contributed by atoms with Crippen LogP contribution in [0.25, 0.3) is 11.0 Å². The summed E-state index contributed by atoms with van der Waals surface area (Å²) in [6.45, 7) is 1.75. The highest BCUT2D eigenvalue weighted by Gasteiger charge is 2.54. The zero-order valence-electron chi connectivity index (χ0n) is 13.0. The number of carbonyl (C=O) groups excluding carboxylic acids is 3.